The molecule has 0 fully saturated rings. The fraction of sp³-hybridized carbons (Fsp3) is 0.588. The Kier molecular flexibility index (Phi) is 5.62. The van der Waals surface area contributed by atoms with Crippen molar-refractivity contribution < 1.29 is 14.3 Å². The Morgan fingerprint density at radius 2 is 2.14 bits per heavy atom. The summed E-state index contributed by atoms with van der Waals surface area (Å²) in [5, 5.41) is 0. The fourth-order valence-corrected chi connectivity index (χ4v) is 2.96. The molecule has 116 valence electrons. The van der Waals surface area contributed by atoms with Gasteiger partial charge in [-0.15, -0.1) is 0 Å². The standard InChI is InChI=1S/C17H25NO3/c1-3-21-17-12(6-4-5-7-16(19)20-2)8-9-13-10-14(18)11-15(13)17/h8-9,14H,3-7,10-11,18H2,1-2H3. The molecular weight excluding hydrogens is 266 g/mol. The molecule has 1 aliphatic carbocycles. The average molecular weight is 291 g/mol. The summed E-state index contributed by atoms with van der Waals surface area (Å²) in [5.74, 6) is 0.890. The van der Waals surface area contributed by atoms with E-state index in [1.54, 1.807) is 0 Å². The van der Waals surface area contributed by atoms with Crippen LogP contribution in [-0.4, -0.2) is 25.7 Å². The van der Waals surface area contributed by atoms with Gasteiger partial charge >= 0.3 is 5.97 Å². The molecule has 0 radical (unpaired) electrons. The van der Waals surface area contributed by atoms with Crippen LogP contribution in [0.1, 0.15) is 42.9 Å². The number of methoxy groups -OCH3 is 1. The summed E-state index contributed by atoms with van der Waals surface area (Å²) < 4.78 is 10.5. The van der Waals surface area contributed by atoms with E-state index >= 15 is 0 Å². The predicted octanol–water partition coefficient (Wildman–Crippen LogP) is 2.40. The van der Waals surface area contributed by atoms with Crippen LogP contribution in [0.3, 0.4) is 0 Å². The number of aryl methyl sites for hydroxylation is 1. The zero-order valence-corrected chi connectivity index (χ0v) is 13.0. The first-order valence-electron chi connectivity index (χ1n) is 7.74. The SMILES string of the molecule is CCOc1c(CCCCC(=O)OC)ccc2c1CC(N)C2. The molecule has 0 saturated carbocycles. The summed E-state index contributed by atoms with van der Waals surface area (Å²) in [6.07, 6.45) is 5.05. The first-order valence-corrected chi connectivity index (χ1v) is 7.74. The van der Waals surface area contributed by atoms with Crippen molar-refractivity contribution in [2.75, 3.05) is 13.7 Å². The van der Waals surface area contributed by atoms with Crippen LogP contribution in [-0.2, 0) is 28.8 Å². The van der Waals surface area contributed by atoms with Crippen molar-refractivity contribution in [2.45, 2.75) is 51.5 Å². The second-order valence-corrected chi connectivity index (χ2v) is 5.58. The molecule has 0 saturated heterocycles. The molecule has 0 amide bonds. The van der Waals surface area contributed by atoms with Gasteiger partial charge in [-0.3, -0.25) is 4.79 Å². The van der Waals surface area contributed by atoms with Gasteiger partial charge in [-0.2, -0.15) is 0 Å². The summed E-state index contributed by atoms with van der Waals surface area (Å²) >= 11 is 0. The van der Waals surface area contributed by atoms with Crippen LogP contribution in [0.25, 0.3) is 0 Å². The van der Waals surface area contributed by atoms with Gasteiger partial charge in [0.25, 0.3) is 0 Å². The van der Waals surface area contributed by atoms with Crippen molar-refractivity contribution in [3.8, 4) is 5.75 Å². The molecule has 0 spiro atoms. The Morgan fingerprint density at radius 1 is 1.33 bits per heavy atom. The first-order chi connectivity index (χ1) is 10.2. The lowest BCUT2D eigenvalue weighted by Crippen LogP contribution is -2.19. The van der Waals surface area contributed by atoms with E-state index in [1.807, 2.05) is 6.92 Å². The van der Waals surface area contributed by atoms with Crippen molar-refractivity contribution in [3.63, 3.8) is 0 Å². The molecule has 2 N–H and O–H groups in total. The van der Waals surface area contributed by atoms with Crippen LogP contribution in [0.2, 0.25) is 0 Å². The molecule has 1 unspecified atom stereocenters. The number of nitrogens with two attached hydrogens (primary N) is 1. The monoisotopic (exact) mass is 291 g/mol. The number of rotatable bonds is 7. The highest BCUT2D eigenvalue weighted by Gasteiger charge is 2.23. The maximum atomic E-state index is 11.1. The van der Waals surface area contributed by atoms with Gasteiger partial charge in [-0.05, 0) is 55.7 Å². The minimum Gasteiger partial charge on any atom is -0.493 e. The Hall–Kier alpha value is -1.55. The van der Waals surface area contributed by atoms with Crippen molar-refractivity contribution in [1.82, 2.24) is 0 Å². The number of esters is 1. The van der Waals surface area contributed by atoms with E-state index in [0.29, 0.717) is 13.0 Å². The van der Waals surface area contributed by atoms with Gasteiger partial charge in [0.1, 0.15) is 5.75 Å². The molecular formula is C17H25NO3. The van der Waals surface area contributed by atoms with Gasteiger partial charge in [-0.25, -0.2) is 0 Å². The summed E-state index contributed by atoms with van der Waals surface area (Å²) in [6, 6.07) is 4.55. The highest BCUT2D eigenvalue weighted by molar-refractivity contribution is 5.69. The first kappa shape index (κ1) is 15.8. The highest BCUT2D eigenvalue weighted by atomic mass is 16.5. The van der Waals surface area contributed by atoms with E-state index in [4.69, 9.17) is 10.5 Å². The highest BCUT2D eigenvalue weighted by Crippen LogP contribution is 2.34. The van der Waals surface area contributed by atoms with E-state index in [-0.39, 0.29) is 12.0 Å². The van der Waals surface area contributed by atoms with Crippen LogP contribution in [0, 0.1) is 0 Å². The van der Waals surface area contributed by atoms with Gasteiger partial charge < -0.3 is 15.2 Å². The second kappa shape index (κ2) is 7.46. The Morgan fingerprint density at radius 3 is 2.86 bits per heavy atom. The molecule has 4 nitrogen and oxygen atoms in total. The van der Waals surface area contributed by atoms with Gasteiger partial charge in [0.2, 0.25) is 0 Å². The second-order valence-electron chi connectivity index (χ2n) is 5.58. The normalized spacial score (nSPS) is 16.6. The Labute approximate surface area is 126 Å². The maximum Gasteiger partial charge on any atom is 0.305 e. The maximum absolute atomic E-state index is 11.1. The zero-order valence-electron chi connectivity index (χ0n) is 13.0. The number of benzene rings is 1. The summed E-state index contributed by atoms with van der Waals surface area (Å²) in [7, 11) is 1.43. The molecule has 0 heterocycles. The molecule has 0 aliphatic heterocycles. The van der Waals surface area contributed by atoms with Crippen LogP contribution in [0.4, 0.5) is 0 Å². The molecule has 4 heteroatoms. The number of ether oxygens (including phenoxy) is 2. The summed E-state index contributed by atoms with van der Waals surface area (Å²) in [5.41, 5.74) is 9.90. The molecule has 1 aromatic rings. The molecule has 1 atom stereocenters. The topological polar surface area (TPSA) is 61.5 Å². The zero-order chi connectivity index (χ0) is 15.2. The van der Waals surface area contributed by atoms with Crippen molar-refractivity contribution in [3.05, 3.63) is 28.8 Å². The van der Waals surface area contributed by atoms with E-state index in [2.05, 4.69) is 16.9 Å². The minimum atomic E-state index is -0.139. The molecule has 1 aliphatic rings. The third-order valence-electron chi connectivity index (χ3n) is 3.98. The van der Waals surface area contributed by atoms with Crippen LogP contribution in [0.15, 0.2) is 12.1 Å². The third kappa shape index (κ3) is 3.97. The van der Waals surface area contributed by atoms with E-state index in [1.165, 1.54) is 23.8 Å². The van der Waals surface area contributed by atoms with Crippen molar-refractivity contribution in [2.24, 2.45) is 5.73 Å². The fourth-order valence-electron chi connectivity index (χ4n) is 2.96. The largest absolute Gasteiger partial charge is 0.493 e. The van der Waals surface area contributed by atoms with Crippen LogP contribution < -0.4 is 10.5 Å². The molecule has 0 bridgehead atoms. The van der Waals surface area contributed by atoms with Crippen LogP contribution >= 0.6 is 0 Å². The van der Waals surface area contributed by atoms with E-state index < -0.39 is 0 Å². The number of hydrogen-bond acceptors (Lipinski definition) is 4. The lowest BCUT2D eigenvalue weighted by atomic mass is 10.00. The summed E-state index contributed by atoms with van der Waals surface area (Å²) in [4.78, 5) is 11.1. The number of hydrogen-bond donors (Lipinski definition) is 1. The average Bonchev–Trinajstić information content (AvgIpc) is 2.86. The smallest absolute Gasteiger partial charge is 0.305 e. The quantitative estimate of drug-likeness (QED) is 0.619. The lowest BCUT2D eigenvalue weighted by molar-refractivity contribution is -0.140. The third-order valence-corrected chi connectivity index (χ3v) is 3.98. The minimum absolute atomic E-state index is 0.139. The number of fused-ring (bicyclic) bond motifs is 1. The van der Waals surface area contributed by atoms with Gasteiger partial charge in [0.15, 0.2) is 0 Å². The van der Waals surface area contributed by atoms with Crippen molar-refractivity contribution >= 4 is 5.97 Å². The number of carbonyl (C=O) groups is 1. The Bertz CT molecular complexity index is 499. The predicted molar refractivity (Wildman–Crippen MR) is 82.6 cm³/mol. The summed E-state index contributed by atoms with van der Waals surface area (Å²) in [6.45, 7) is 2.68. The van der Waals surface area contributed by atoms with Gasteiger partial charge in [-0.1, -0.05) is 12.1 Å². The molecule has 21 heavy (non-hydrogen) atoms. The molecule has 0 aromatic heterocycles. The number of carbonyl (C=O) groups excluding carboxylic acids is 1. The number of unbranched alkanes of at least 4 members (excludes halogenated alkanes) is 1. The van der Waals surface area contributed by atoms with Gasteiger partial charge in [0.05, 0.1) is 13.7 Å². The van der Waals surface area contributed by atoms with E-state index in [0.717, 1.165) is 37.9 Å². The Balaban J connectivity index is 2.02. The van der Waals surface area contributed by atoms with Gasteiger partial charge in [0, 0.05) is 12.5 Å². The molecule has 2 rings (SSSR count). The molecule has 1 aromatic carbocycles. The van der Waals surface area contributed by atoms with Crippen LogP contribution in [0.5, 0.6) is 5.75 Å². The van der Waals surface area contributed by atoms with Crippen molar-refractivity contribution in [1.29, 1.82) is 0 Å². The van der Waals surface area contributed by atoms with E-state index in [9.17, 15) is 4.79 Å². The lowest BCUT2D eigenvalue weighted by Gasteiger charge is -2.15.